The van der Waals surface area contributed by atoms with Crippen molar-refractivity contribution in [2.24, 2.45) is 5.92 Å². The third-order valence-electron chi connectivity index (χ3n) is 3.12. The first-order valence-corrected chi connectivity index (χ1v) is 5.76. The average Bonchev–Trinajstić information content (AvgIpc) is 2.73. The van der Waals surface area contributed by atoms with Gasteiger partial charge in [0, 0.05) is 25.5 Å². The molecule has 17 heavy (non-hydrogen) atoms. The molecule has 1 aromatic rings. The summed E-state index contributed by atoms with van der Waals surface area (Å²) in [5.74, 6) is -0.348. The first-order chi connectivity index (χ1) is 8.16. The minimum absolute atomic E-state index is 0.235. The van der Waals surface area contributed by atoms with Gasteiger partial charge < -0.3 is 15.3 Å². The number of carboxylic acid groups (broad SMARTS) is 1. The van der Waals surface area contributed by atoms with Gasteiger partial charge in [-0.1, -0.05) is 0 Å². The van der Waals surface area contributed by atoms with Gasteiger partial charge in [0.15, 0.2) is 0 Å². The van der Waals surface area contributed by atoms with Gasteiger partial charge in [0.05, 0.1) is 5.69 Å². The SMILES string of the molecule is CN1CCC(CNc2ccncc2C(=O)O)C1. The number of carbonyl (C=O) groups is 1. The van der Waals surface area contributed by atoms with Crippen LogP contribution in [0.2, 0.25) is 0 Å². The number of pyridine rings is 1. The van der Waals surface area contributed by atoms with Gasteiger partial charge in [0.1, 0.15) is 5.56 Å². The number of hydrogen-bond donors (Lipinski definition) is 2. The van der Waals surface area contributed by atoms with Crippen LogP contribution in [0.25, 0.3) is 0 Å². The van der Waals surface area contributed by atoms with Crippen molar-refractivity contribution in [3.8, 4) is 0 Å². The van der Waals surface area contributed by atoms with E-state index in [-0.39, 0.29) is 5.56 Å². The number of likely N-dealkylation sites (tertiary alicyclic amines) is 1. The Morgan fingerprint density at radius 1 is 1.71 bits per heavy atom. The van der Waals surface area contributed by atoms with Gasteiger partial charge >= 0.3 is 5.97 Å². The van der Waals surface area contributed by atoms with Crippen molar-refractivity contribution < 1.29 is 9.90 Å². The molecule has 1 aromatic heterocycles. The predicted molar refractivity (Wildman–Crippen MR) is 65.3 cm³/mol. The van der Waals surface area contributed by atoms with E-state index in [1.54, 1.807) is 12.3 Å². The molecule has 0 saturated carbocycles. The molecule has 1 aliphatic rings. The van der Waals surface area contributed by atoms with Crippen LogP contribution >= 0.6 is 0 Å². The lowest BCUT2D eigenvalue weighted by atomic mass is 10.1. The number of nitrogens with one attached hydrogen (secondary N) is 1. The standard InChI is InChI=1S/C12H17N3O2/c1-15-5-3-9(8-15)6-14-11-2-4-13-7-10(11)12(16)17/h2,4,7,9H,3,5-6,8H2,1H3,(H,13,14)(H,16,17). The van der Waals surface area contributed by atoms with E-state index in [0.29, 0.717) is 11.6 Å². The lowest BCUT2D eigenvalue weighted by Gasteiger charge is -2.13. The fraction of sp³-hybridized carbons (Fsp3) is 0.500. The van der Waals surface area contributed by atoms with E-state index >= 15 is 0 Å². The maximum Gasteiger partial charge on any atom is 0.339 e. The van der Waals surface area contributed by atoms with Gasteiger partial charge in [-0.15, -0.1) is 0 Å². The molecule has 0 spiro atoms. The molecule has 1 unspecified atom stereocenters. The molecular formula is C12H17N3O2. The third kappa shape index (κ3) is 2.94. The second-order valence-corrected chi connectivity index (χ2v) is 4.52. The summed E-state index contributed by atoms with van der Waals surface area (Å²) < 4.78 is 0. The maximum atomic E-state index is 11.0. The quantitative estimate of drug-likeness (QED) is 0.819. The lowest BCUT2D eigenvalue weighted by molar-refractivity contribution is 0.0697. The fourth-order valence-electron chi connectivity index (χ4n) is 2.17. The Labute approximate surface area is 100 Å². The van der Waals surface area contributed by atoms with Gasteiger partial charge in [-0.25, -0.2) is 4.79 Å². The molecule has 0 aromatic carbocycles. The van der Waals surface area contributed by atoms with Crippen molar-refractivity contribution in [2.45, 2.75) is 6.42 Å². The molecule has 1 saturated heterocycles. The molecule has 2 N–H and O–H groups in total. The van der Waals surface area contributed by atoms with E-state index in [1.165, 1.54) is 6.20 Å². The number of nitrogens with zero attached hydrogens (tertiary/aromatic N) is 2. The van der Waals surface area contributed by atoms with Crippen molar-refractivity contribution in [2.75, 3.05) is 32.0 Å². The Kier molecular flexibility index (Phi) is 3.58. The highest BCUT2D eigenvalue weighted by atomic mass is 16.4. The fourth-order valence-corrected chi connectivity index (χ4v) is 2.17. The third-order valence-corrected chi connectivity index (χ3v) is 3.12. The number of anilines is 1. The minimum atomic E-state index is -0.941. The minimum Gasteiger partial charge on any atom is -0.478 e. The van der Waals surface area contributed by atoms with Gasteiger partial charge in [-0.3, -0.25) is 4.98 Å². The second-order valence-electron chi connectivity index (χ2n) is 4.52. The number of carboxylic acids is 1. The Morgan fingerprint density at radius 3 is 3.18 bits per heavy atom. The Morgan fingerprint density at radius 2 is 2.53 bits per heavy atom. The van der Waals surface area contributed by atoms with Gasteiger partial charge in [-0.2, -0.15) is 0 Å². The molecule has 5 nitrogen and oxygen atoms in total. The van der Waals surface area contributed by atoms with Crippen molar-refractivity contribution in [3.63, 3.8) is 0 Å². The van der Waals surface area contributed by atoms with Crippen molar-refractivity contribution in [3.05, 3.63) is 24.0 Å². The number of hydrogen-bond acceptors (Lipinski definition) is 4. The zero-order valence-corrected chi connectivity index (χ0v) is 9.89. The molecule has 1 fully saturated rings. The molecule has 2 rings (SSSR count). The first-order valence-electron chi connectivity index (χ1n) is 5.76. The highest BCUT2D eigenvalue weighted by Crippen LogP contribution is 2.18. The lowest BCUT2D eigenvalue weighted by Crippen LogP contribution is -2.20. The summed E-state index contributed by atoms with van der Waals surface area (Å²) in [5.41, 5.74) is 0.890. The maximum absolute atomic E-state index is 11.0. The summed E-state index contributed by atoms with van der Waals surface area (Å²) in [6.45, 7) is 3.00. The van der Waals surface area contributed by atoms with Crippen LogP contribution in [0.3, 0.4) is 0 Å². The molecule has 1 aliphatic heterocycles. The van der Waals surface area contributed by atoms with Gasteiger partial charge in [0.2, 0.25) is 0 Å². The van der Waals surface area contributed by atoms with Gasteiger partial charge in [-0.05, 0) is 32.0 Å². The van der Waals surface area contributed by atoms with Crippen LogP contribution in [-0.2, 0) is 0 Å². The topological polar surface area (TPSA) is 65.5 Å². The number of rotatable bonds is 4. The average molecular weight is 235 g/mol. The van der Waals surface area contributed by atoms with Crippen LogP contribution < -0.4 is 5.32 Å². The number of aromatic carboxylic acids is 1. The summed E-state index contributed by atoms with van der Waals surface area (Å²) in [6.07, 6.45) is 4.15. The zero-order chi connectivity index (χ0) is 12.3. The Balaban J connectivity index is 1.97. The van der Waals surface area contributed by atoms with Crippen molar-refractivity contribution in [1.82, 2.24) is 9.88 Å². The Hall–Kier alpha value is -1.62. The van der Waals surface area contributed by atoms with E-state index in [2.05, 4.69) is 22.2 Å². The Bertz CT molecular complexity index is 408. The molecule has 0 amide bonds. The van der Waals surface area contributed by atoms with Crippen molar-refractivity contribution in [1.29, 1.82) is 0 Å². The van der Waals surface area contributed by atoms with Crippen LogP contribution in [0.4, 0.5) is 5.69 Å². The molecule has 5 heteroatoms. The summed E-state index contributed by atoms with van der Waals surface area (Å²) in [5, 5.41) is 12.2. The normalized spacial score (nSPS) is 20.4. The number of aromatic nitrogens is 1. The molecule has 2 heterocycles. The highest BCUT2D eigenvalue weighted by molar-refractivity contribution is 5.93. The van der Waals surface area contributed by atoms with E-state index in [9.17, 15) is 4.79 Å². The smallest absolute Gasteiger partial charge is 0.339 e. The summed E-state index contributed by atoms with van der Waals surface area (Å²) in [7, 11) is 2.11. The zero-order valence-electron chi connectivity index (χ0n) is 9.89. The molecule has 0 radical (unpaired) electrons. The van der Waals surface area contributed by atoms with E-state index < -0.39 is 5.97 Å². The molecule has 1 atom stereocenters. The molecular weight excluding hydrogens is 218 g/mol. The van der Waals surface area contributed by atoms with E-state index in [4.69, 9.17) is 5.11 Å². The van der Waals surface area contributed by atoms with Crippen LogP contribution in [0, 0.1) is 5.92 Å². The molecule has 92 valence electrons. The van der Waals surface area contributed by atoms with Crippen LogP contribution in [0.15, 0.2) is 18.5 Å². The largest absolute Gasteiger partial charge is 0.478 e. The van der Waals surface area contributed by atoms with Crippen LogP contribution in [0.1, 0.15) is 16.8 Å². The molecule has 0 bridgehead atoms. The van der Waals surface area contributed by atoms with Crippen LogP contribution in [0.5, 0.6) is 0 Å². The summed E-state index contributed by atoms with van der Waals surface area (Å²) in [6, 6.07) is 1.71. The van der Waals surface area contributed by atoms with E-state index in [1.807, 2.05) is 0 Å². The highest BCUT2D eigenvalue weighted by Gasteiger charge is 2.19. The summed E-state index contributed by atoms with van der Waals surface area (Å²) >= 11 is 0. The van der Waals surface area contributed by atoms with Crippen molar-refractivity contribution >= 4 is 11.7 Å². The molecule has 0 aliphatic carbocycles. The predicted octanol–water partition coefficient (Wildman–Crippen LogP) is 1.14. The van der Waals surface area contributed by atoms with Gasteiger partial charge in [0.25, 0.3) is 0 Å². The van der Waals surface area contributed by atoms with Crippen LogP contribution in [-0.4, -0.2) is 47.6 Å². The second kappa shape index (κ2) is 5.14. The monoisotopic (exact) mass is 235 g/mol. The first kappa shape index (κ1) is 11.9. The van der Waals surface area contributed by atoms with E-state index in [0.717, 1.165) is 26.1 Å². The summed E-state index contributed by atoms with van der Waals surface area (Å²) in [4.78, 5) is 17.1.